The van der Waals surface area contributed by atoms with E-state index in [4.69, 9.17) is 10.5 Å². The molecule has 0 heterocycles. The van der Waals surface area contributed by atoms with Gasteiger partial charge in [-0.05, 0) is 38.5 Å². The summed E-state index contributed by atoms with van der Waals surface area (Å²) in [6.45, 7) is 5.01. The van der Waals surface area contributed by atoms with Gasteiger partial charge < -0.3 is 20.7 Å². The minimum absolute atomic E-state index is 0.0472. The normalized spacial score (nSPS) is 14.0. The molecule has 1 rings (SSSR count). The van der Waals surface area contributed by atoms with Gasteiger partial charge in [0.25, 0.3) is 0 Å². The first-order valence-electron chi connectivity index (χ1n) is 6.93. The SMILES string of the molecule is CC(C)(C)OC(=O)Nc1ccc(C(O)C(O)CC(N)=O)cc1F. The number of nitrogens with two attached hydrogens (primary N) is 1. The predicted molar refractivity (Wildman–Crippen MR) is 81.0 cm³/mol. The van der Waals surface area contributed by atoms with E-state index in [1.807, 2.05) is 0 Å². The summed E-state index contributed by atoms with van der Waals surface area (Å²) in [6.07, 6.45) is -4.21. The lowest BCUT2D eigenvalue weighted by molar-refractivity contribution is -0.121. The predicted octanol–water partition coefficient (Wildman–Crippen LogP) is 1.44. The molecule has 5 N–H and O–H groups in total. The fourth-order valence-corrected chi connectivity index (χ4v) is 1.77. The number of carbonyl (C=O) groups is 2. The van der Waals surface area contributed by atoms with Crippen molar-refractivity contribution in [1.29, 1.82) is 0 Å². The molecule has 23 heavy (non-hydrogen) atoms. The Morgan fingerprint density at radius 3 is 2.43 bits per heavy atom. The van der Waals surface area contributed by atoms with Crippen LogP contribution in [0.3, 0.4) is 0 Å². The summed E-state index contributed by atoms with van der Waals surface area (Å²) in [5.74, 6) is -1.61. The van der Waals surface area contributed by atoms with E-state index in [1.165, 1.54) is 12.1 Å². The van der Waals surface area contributed by atoms with Crippen LogP contribution >= 0.6 is 0 Å². The van der Waals surface area contributed by atoms with Crippen LogP contribution in [0, 0.1) is 5.82 Å². The number of hydrogen-bond donors (Lipinski definition) is 4. The third kappa shape index (κ3) is 6.21. The number of primary amides is 1. The molecule has 0 aliphatic heterocycles. The Bertz CT molecular complexity index is 586. The van der Waals surface area contributed by atoms with Gasteiger partial charge in [0.2, 0.25) is 5.91 Å². The number of aliphatic hydroxyl groups is 2. The number of halogens is 1. The van der Waals surface area contributed by atoms with Crippen LogP contribution in [0.1, 0.15) is 38.9 Å². The van der Waals surface area contributed by atoms with Crippen LogP contribution in [0.25, 0.3) is 0 Å². The van der Waals surface area contributed by atoms with Crippen molar-refractivity contribution in [2.75, 3.05) is 5.32 Å². The van der Waals surface area contributed by atoms with Gasteiger partial charge in [0, 0.05) is 0 Å². The molecule has 2 unspecified atom stereocenters. The van der Waals surface area contributed by atoms with E-state index in [2.05, 4.69) is 5.32 Å². The number of aliphatic hydroxyl groups excluding tert-OH is 2. The largest absolute Gasteiger partial charge is 0.444 e. The third-order valence-electron chi connectivity index (χ3n) is 2.75. The maximum atomic E-state index is 14.0. The molecule has 1 aromatic carbocycles. The summed E-state index contributed by atoms with van der Waals surface area (Å²) in [4.78, 5) is 22.3. The lowest BCUT2D eigenvalue weighted by Crippen LogP contribution is -2.27. The maximum absolute atomic E-state index is 14.0. The number of anilines is 1. The molecule has 7 nitrogen and oxygen atoms in total. The van der Waals surface area contributed by atoms with E-state index >= 15 is 0 Å². The second kappa shape index (κ2) is 7.38. The molecule has 2 amide bonds. The highest BCUT2D eigenvalue weighted by Crippen LogP contribution is 2.24. The maximum Gasteiger partial charge on any atom is 0.412 e. The molecule has 0 radical (unpaired) electrons. The van der Waals surface area contributed by atoms with Crippen molar-refractivity contribution in [3.63, 3.8) is 0 Å². The molecule has 0 bridgehead atoms. The highest BCUT2D eigenvalue weighted by Gasteiger charge is 2.22. The summed E-state index contributed by atoms with van der Waals surface area (Å²) < 4.78 is 19.0. The quantitative estimate of drug-likeness (QED) is 0.651. The number of hydrogen-bond acceptors (Lipinski definition) is 5. The number of rotatable bonds is 5. The van der Waals surface area contributed by atoms with Crippen molar-refractivity contribution >= 4 is 17.7 Å². The van der Waals surface area contributed by atoms with Gasteiger partial charge in [-0.25, -0.2) is 9.18 Å². The second-order valence-corrected chi connectivity index (χ2v) is 6.05. The standard InChI is InChI=1S/C15H21FN2O5/c1-15(2,3)23-14(22)18-10-5-4-8(6-9(10)16)13(21)11(19)7-12(17)20/h4-6,11,13,19,21H,7H2,1-3H3,(H2,17,20)(H,18,22). The van der Waals surface area contributed by atoms with Gasteiger partial charge in [0.1, 0.15) is 17.5 Å². The zero-order chi connectivity index (χ0) is 17.8. The molecule has 0 aliphatic carbocycles. The lowest BCUT2D eigenvalue weighted by atomic mass is 10.0. The zero-order valence-corrected chi connectivity index (χ0v) is 13.2. The molecule has 0 aromatic heterocycles. The van der Waals surface area contributed by atoms with Crippen molar-refractivity contribution < 1.29 is 28.9 Å². The van der Waals surface area contributed by atoms with E-state index in [9.17, 15) is 24.2 Å². The molecule has 0 saturated carbocycles. The number of benzene rings is 1. The third-order valence-corrected chi connectivity index (χ3v) is 2.75. The van der Waals surface area contributed by atoms with Gasteiger partial charge in [-0.3, -0.25) is 10.1 Å². The van der Waals surface area contributed by atoms with E-state index in [0.717, 1.165) is 6.07 Å². The highest BCUT2D eigenvalue weighted by atomic mass is 19.1. The molecule has 128 valence electrons. The topological polar surface area (TPSA) is 122 Å². The van der Waals surface area contributed by atoms with Crippen LogP contribution in [-0.2, 0) is 9.53 Å². The van der Waals surface area contributed by atoms with Crippen molar-refractivity contribution in [3.05, 3.63) is 29.6 Å². The van der Waals surface area contributed by atoms with Gasteiger partial charge in [0.05, 0.1) is 18.2 Å². The van der Waals surface area contributed by atoms with Crippen LogP contribution in [0.15, 0.2) is 18.2 Å². The van der Waals surface area contributed by atoms with E-state index < -0.39 is 42.0 Å². The Morgan fingerprint density at radius 1 is 1.35 bits per heavy atom. The first-order valence-corrected chi connectivity index (χ1v) is 6.93. The van der Waals surface area contributed by atoms with Crippen LogP contribution in [0.2, 0.25) is 0 Å². The molecule has 1 aromatic rings. The molecular formula is C15H21FN2O5. The van der Waals surface area contributed by atoms with Gasteiger partial charge in [-0.15, -0.1) is 0 Å². The van der Waals surface area contributed by atoms with E-state index in [0.29, 0.717) is 0 Å². The van der Waals surface area contributed by atoms with Crippen molar-refractivity contribution in [1.82, 2.24) is 0 Å². The van der Waals surface area contributed by atoms with E-state index in [1.54, 1.807) is 20.8 Å². The molecule has 0 spiro atoms. The van der Waals surface area contributed by atoms with Gasteiger partial charge >= 0.3 is 6.09 Å². The van der Waals surface area contributed by atoms with Crippen LogP contribution < -0.4 is 11.1 Å². The fraction of sp³-hybridized carbons (Fsp3) is 0.467. The summed E-state index contributed by atoms with van der Waals surface area (Å²) in [7, 11) is 0. The minimum atomic E-state index is -1.48. The average molecular weight is 328 g/mol. The van der Waals surface area contributed by atoms with Crippen LogP contribution in [-0.4, -0.2) is 33.9 Å². The molecule has 0 aliphatic rings. The Kier molecular flexibility index (Phi) is 6.05. The fourth-order valence-electron chi connectivity index (χ4n) is 1.77. The van der Waals surface area contributed by atoms with Crippen molar-refractivity contribution in [2.45, 2.75) is 45.0 Å². The molecule has 2 atom stereocenters. The van der Waals surface area contributed by atoms with Gasteiger partial charge in [0.15, 0.2) is 0 Å². The van der Waals surface area contributed by atoms with Gasteiger partial charge in [-0.2, -0.15) is 0 Å². The lowest BCUT2D eigenvalue weighted by Gasteiger charge is -2.20. The average Bonchev–Trinajstić information content (AvgIpc) is 2.37. The highest BCUT2D eigenvalue weighted by molar-refractivity contribution is 5.85. The number of ether oxygens (including phenoxy) is 1. The van der Waals surface area contributed by atoms with Crippen molar-refractivity contribution in [2.24, 2.45) is 5.73 Å². The van der Waals surface area contributed by atoms with Crippen LogP contribution in [0.5, 0.6) is 0 Å². The Balaban J connectivity index is 2.82. The monoisotopic (exact) mass is 328 g/mol. The van der Waals surface area contributed by atoms with E-state index in [-0.39, 0.29) is 11.3 Å². The molecule has 0 saturated heterocycles. The van der Waals surface area contributed by atoms with Crippen LogP contribution in [0.4, 0.5) is 14.9 Å². The molecule has 0 fully saturated rings. The first kappa shape index (κ1) is 18.9. The minimum Gasteiger partial charge on any atom is -0.444 e. The number of amides is 2. The summed E-state index contributed by atoms with van der Waals surface area (Å²) in [5, 5.41) is 21.7. The Hall–Kier alpha value is -2.19. The number of carbonyl (C=O) groups excluding carboxylic acids is 2. The summed E-state index contributed by atoms with van der Waals surface area (Å²) in [5.41, 5.74) is 4.10. The first-order chi connectivity index (χ1) is 10.5. The smallest absolute Gasteiger partial charge is 0.412 e. The Labute approximate surface area is 133 Å². The molecular weight excluding hydrogens is 307 g/mol. The summed E-state index contributed by atoms with van der Waals surface area (Å²) in [6, 6.07) is 3.47. The Morgan fingerprint density at radius 2 is 1.96 bits per heavy atom. The molecule has 8 heteroatoms. The second-order valence-electron chi connectivity index (χ2n) is 6.05. The van der Waals surface area contributed by atoms with Crippen molar-refractivity contribution in [3.8, 4) is 0 Å². The summed E-state index contributed by atoms with van der Waals surface area (Å²) >= 11 is 0. The number of nitrogens with one attached hydrogen (secondary N) is 1. The zero-order valence-electron chi connectivity index (χ0n) is 13.2. The van der Waals surface area contributed by atoms with Gasteiger partial charge in [-0.1, -0.05) is 6.07 Å².